The van der Waals surface area contributed by atoms with E-state index in [1.807, 2.05) is 32.2 Å². The van der Waals surface area contributed by atoms with Crippen molar-refractivity contribution < 1.29 is 0 Å². The molecule has 2 atom stereocenters. The van der Waals surface area contributed by atoms with Gasteiger partial charge in [-0.15, -0.1) is 24.0 Å². The van der Waals surface area contributed by atoms with Crippen molar-refractivity contribution in [3.05, 3.63) is 23.9 Å². The maximum absolute atomic E-state index is 4.46. The average Bonchev–Trinajstić information content (AvgIpc) is 2.47. The number of aliphatic imine (C=N–C) groups is 1. The molecule has 0 amide bonds. The van der Waals surface area contributed by atoms with Crippen LogP contribution in [0.4, 0.5) is 5.82 Å². The Morgan fingerprint density at radius 3 is 2.57 bits per heavy atom. The number of pyridine rings is 1. The molecule has 2 rings (SSSR count). The van der Waals surface area contributed by atoms with Crippen molar-refractivity contribution in [3.8, 4) is 0 Å². The van der Waals surface area contributed by atoms with Crippen LogP contribution in [0.3, 0.4) is 0 Å². The molecule has 1 aliphatic heterocycles. The fraction of sp³-hybridized carbons (Fsp3) is 0.647. The summed E-state index contributed by atoms with van der Waals surface area (Å²) >= 11 is 0. The first-order valence-electron chi connectivity index (χ1n) is 8.07. The quantitative estimate of drug-likeness (QED) is 0.454. The number of hydrogen-bond donors (Lipinski definition) is 1. The number of halogens is 1. The Kier molecular flexibility index (Phi) is 8.08. The monoisotopic (exact) mass is 431 g/mol. The molecular formula is C17H30IN5. The third-order valence-corrected chi connectivity index (χ3v) is 4.10. The van der Waals surface area contributed by atoms with Crippen LogP contribution in [0.15, 0.2) is 23.3 Å². The minimum Gasteiger partial charge on any atom is -0.363 e. The van der Waals surface area contributed by atoms with E-state index in [4.69, 9.17) is 0 Å². The fourth-order valence-corrected chi connectivity index (χ4v) is 3.16. The Balaban J connectivity index is 0.00000264. The molecule has 0 spiro atoms. The number of piperidine rings is 1. The van der Waals surface area contributed by atoms with Gasteiger partial charge in [-0.2, -0.15) is 0 Å². The molecule has 0 aliphatic carbocycles. The molecule has 130 valence electrons. The number of likely N-dealkylation sites (tertiary alicyclic amines) is 1. The highest BCUT2D eigenvalue weighted by molar-refractivity contribution is 14.0. The third-order valence-electron chi connectivity index (χ3n) is 4.10. The van der Waals surface area contributed by atoms with Crippen molar-refractivity contribution in [2.24, 2.45) is 16.8 Å². The molecule has 2 heterocycles. The Bertz CT molecular complexity index is 507. The summed E-state index contributed by atoms with van der Waals surface area (Å²) in [4.78, 5) is 13.2. The second-order valence-corrected chi connectivity index (χ2v) is 6.67. The molecule has 0 radical (unpaired) electrons. The van der Waals surface area contributed by atoms with E-state index >= 15 is 0 Å². The lowest BCUT2D eigenvalue weighted by molar-refractivity contribution is 0.208. The Hall–Kier alpha value is -1.05. The van der Waals surface area contributed by atoms with Gasteiger partial charge in [0.15, 0.2) is 5.96 Å². The molecule has 0 bridgehead atoms. The van der Waals surface area contributed by atoms with E-state index in [1.54, 1.807) is 0 Å². The highest BCUT2D eigenvalue weighted by atomic mass is 127. The number of nitrogens with zero attached hydrogens (tertiary/aromatic N) is 4. The van der Waals surface area contributed by atoms with Gasteiger partial charge in [-0.1, -0.05) is 13.8 Å². The molecule has 1 N–H and O–H groups in total. The van der Waals surface area contributed by atoms with Crippen LogP contribution in [0.5, 0.6) is 0 Å². The zero-order valence-electron chi connectivity index (χ0n) is 14.9. The summed E-state index contributed by atoms with van der Waals surface area (Å²) in [5.74, 6) is 3.43. The summed E-state index contributed by atoms with van der Waals surface area (Å²) in [5, 5.41) is 3.49. The van der Waals surface area contributed by atoms with E-state index in [1.165, 1.54) is 12.0 Å². The van der Waals surface area contributed by atoms with Crippen LogP contribution in [-0.4, -0.2) is 50.1 Å². The second kappa shape index (κ2) is 9.30. The molecule has 1 aromatic heterocycles. The zero-order chi connectivity index (χ0) is 16.1. The maximum Gasteiger partial charge on any atom is 0.193 e. The van der Waals surface area contributed by atoms with Crippen LogP contribution < -0.4 is 10.2 Å². The topological polar surface area (TPSA) is 43.8 Å². The lowest BCUT2D eigenvalue weighted by Gasteiger charge is -2.37. The molecule has 2 unspecified atom stereocenters. The summed E-state index contributed by atoms with van der Waals surface area (Å²) in [6.07, 6.45) is 3.17. The molecule has 1 aliphatic rings. The van der Waals surface area contributed by atoms with E-state index in [-0.39, 0.29) is 24.0 Å². The first-order chi connectivity index (χ1) is 10.5. The van der Waals surface area contributed by atoms with Crippen LogP contribution in [0.2, 0.25) is 0 Å². The van der Waals surface area contributed by atoms with Gasteiger partial charge in [0.25, 0.3) is 0 Å². The highest BCUT2D eigenvalue weighted by Gasteiger charge is 2.23. The number of anilines is 1. The third kappa shape index (κ3) is 5.82. The Morgan fingerprint density at radius 2 is 2.00 bits per heavy atom. The summed E-state index contributed by atoms with van der Waals surface area (Å²) in [7, 11) is 5.88. The fourth-order valence-electron chi connectivity index (χ4n) is 3.16. The van der Waals surface area contributed by atoms with Gasteiger partial charge in [-0.05, 0) is 36.0 Å². The molecular weight excluding hydrogens is 401 g/mol. The Labute approximate surface area is 157 Å². The molecule has 6 heteroatoms. The predicted octanol–water partition coefficient (Wildman–Crippen LogP) is 2.82. The number of aromatic nitrogens is 1. The van der Waals surface area contributed by atoms with Crippen molar-refractivity contribution in [2.75, 3.05) is 39.1 Å². The standard InChI is InChI=1S/C17H29N5.HI/c1-13-8-14(2)12-22(11-13)17(18-3)20-10-15-6-7-19-16(9-15)21(4)5;/h6-7,9,13-14H,8,10-12H2,1-5H3,(H,18,20);1H. The summed E-state index contributed by atoms with van der Waals surface area (Å²) in [5.41, 5.74) is 1.22. The molecule has 1 saturated heterocycles. The largest absolute Gasteiger partial charge is 0.363 e. The van der Waals surface area contributed by atoms with Crippen molar-refractivity contribution in [1.82, 2.24) is 15.2 Å². The van der Waals surface area contributed by atoms with E-state index < -0.39 is 0 Å². The molecule has 1 fully saturated rings. The normalized spacial score (nSPS) is 21.6. The first kappa shape index (κ1) is 20.0. The van der Waals surface area contributed by atoms with E-state index in [0.717, 1.165) is 43.2 Å². The predicted molar refractivity (Wildman–Crippen MR) is 109 cm³/mol. The highest BCUT2D eigenvalue weighted by Crippen LogP contribution is 2.21. The molecule has 0 saturated carbocycles. The van der Waals surface area contributed by atoms with Crippen molar-refractivity contribution in [3.63, 3.8) is 0 Å². The van der Waals surface area contributed by atoms with Gasteiger partial charge in [0.1, 0.15) is 5.82 Å². The van der Waals surface area contributed by atoms with Gasteiger partial charge in [0.2, 0.25) is 0 Å². The van der Waals surface area contributed by atoms with Crippen LogP contribution in [-0.2, 0) is 6.54 Å². The zero-order valence-corrected chi connectivity index (χ0v) is 17.2. The van der Waals surface area contributed by atoms with Crippen molar-refractivity contribution >= 4 is 35.8 Å². The minimum atomic E-state index is 0. The van der Waals surface area contributed by atoms with E-state index in [0.29, 0.717) is 0 Å². The van der Waals surface area contributed by atoms with E-state index in [2.05, 4.69) is 46.2 Å². The van der Waals surface area contributed by atoms with Gasteiger partial charge < -0.3 is 15.1 Å². The molecule has 5 nitrogen and oxygen atoms in total. The first-order valence-corrected chi connectivity index (χ1v) is 8.07. The lowest BCUT2D eigenvalue weighted by atomic mass is 9.92. The van der Waals surface area contributed by atoms with Crippen molar-refractivity contribution in [1.29, 1.82) is 0 Å². The molecule has 1 aromatic rings. The number of guanidine groups is 1. The lowest BCUT2D eigenvalue weighted by Crippen LogP contribution is -2.48. The number of hydrogen-bond acceptors (Lipinski definition) is 3. The minimum absolute atomic E-state index is 0. The van der Waals surface area contributed by atoms with Crippen LogP contribution in [0.1, 0.15) is 25.8 Å². The van der Waals surface area contributed by atoms with Crippen LogP contribution in [0.25, 0.3) is 0 Å². The summed E-state index contributed by atoms with van der Waals surface area (Å²) in [6, 6.07) is 4.16. The summed E-state index contributed by atoms with van der Waals surface area (Å²) < 4.78 is 0. The van der Waals surface area contributed by atoms with Gasteiger partial charge in [0.05, 0.1) is 0 Å². The second-order valence-electron chi connectivity index (χ2n) is 6.67. The molecule has 0 aromatic carbocycles. The average molecular weight is 431 g/mol. The SMILES string of the molecule is CN=C(NCc1ccnc(N(C)C)c1)N1CC(C)CC(C)C1.I. The van der Waals surface area contributed by atoms with Crippen molar-refractivity contribution in [2.45, 2.75) is 26.8 Å². The van der Waals surface area contributed by atoms with Gasteiger partial charge in [-0.3, -0.25) is 4.99 Å². The maximum atomic E-state index is 4.46. The smallest absolute Gasteiger partial charge is 0.193 e. The van der Waals surface area contributed by atoms with Gasteiger partial charge in [-0.25, -0.2) is 4.98 Å². The summed E-state index contributed by atoms with van der Waals surface area (Å²) in [6.45, 7) is 7.59. The van der Waals surface area contributed by atoms with E-state index in [9.17, 15) is 0 Å². The van der Waals surface area contributed by atoms with Crippen LogP contribution in [0, 0.1) is 11.8 Å². The Morgan fingerprint density at radius 1 is 1.35 bits per heavy atom. The van der Waals surface area contributed by atoms with Crippen LogP contribution >= 0.6 is 24.0 Å². The number of nitrogens with one attached hydrogen (secondary N) is 1. The molecule has 23 heavy (non-hydrogen) atoms. The van der Waals surface area contributed by atoms with Gasteiger partial charge >= 0.3 is 0 Å². The number of rotatable bonds is 3. The van der Waals surface area contributed by atoms with Gasteiger partial charge in [0, 0.05) is 47.0 Å².